The molecule has 0 spiro atoms. The van der Waals surface area contributed by atoms with Crippen molar-refractivity contribution < 1.29 is 26.0 Å². The van der Waals surface area contributed by atoms with Crippen LogP contribution in [0.4, 0.5) is 17.6 Å². The van der Waals surface area contributed by atoms with Crippen LogP contribution < -0.4 is 5.14 Å². The number of nitrogens with zero attached hydrogens (tertiary/aromatic N) is 2. The molecule has 0 amide bonds. The first-order valence-corrected chi connectivity index (χ1v) is 4.82. The van der Waals surface area contributed by atoms with Gasteiger partial charge in [0.15, 0.2) is 0 Å². The number of nitrogens with two attached hydrogens (primary N) is 1. The molecule has 11 heteroatoms. The summed E-state index contributed by atoms with van der Waals surface area (Å²) in [4.78, 5) is 2.66. The number of hydrogen-bond acceptors (Lipinski definition) is 4. The molecule has 0 bridgehead atoms. The Kier molecular flexibility index (Phi) is 2.69. The van der Waals surface area contributed by atoms with Gasteiger partial charge in [-0.25, -0.2) is 22.3 Å². The number of aromatic nitrogens is 3. The lowest BCUT2D eigenvalue weighted by Crippen LogP contribution is -2.25. The molecule has 1 aromatic rings. The van der Waals surface area contributed by atoms with Crippen LogP contribution in [0.25, 0.3) is 0 Å². The van der Waals surface area contributed by atoms with Gasteiger partial charge in [0.1, 0.15) is 0 Å². The van der Waals surface area contributed by atoms with Crippen LogP contribution in [-0.4, -0.2) is 30.0 Å². The predicted molar refractivity (Wildman–Crippen MR) is 37.7 cm³/mol. The van der Waals surface area contributed by atoms with Gasteiger partial charge in [-0.2, -0.15) is 13.8 Å². The van der Waals surface area contributed by atoms with Crippen molar-refractivity contribution in [2.75, 3.05) is 0 Å². The number of nitrogens with one attached hydrogen (secondary N) is 1. The van der Waals surface area contributed by atoms with Crippen molar-refractivity contribution in [2.24, 2.45) is 5.14 Å². The maximum absolute atomic E-state index is 12.6. The molecule has 3 N–H and O–H groups in total. The lowest BCUT2D eigenvalue weighted by Gasteiger charge is -2.10. The third-order valence-corrected chi connectivity index (χ3v) is 2.00. The molecule has 0 aliphatic heterocycles. The highest BCUT2D eigenvalue weighted by Crippen LogP contribution is 2.31. The van der Waals surface area contributed by atoms with Crippen LogP contribution in [-0.2, 0) is 15.9 Å². The Morgan fingerprint density at radius 2 is 1.93 bits per heavy atom. The van der Waals surface area contributed by atoms with E-state index in [-0.39, 0.29) is 0 Å². The number of primary sulfonamides is 1. The molecular formula is C4H4F4N4O2S. The predicted octanol–water partition coefficient (Wildman–Crippen LogP) is -0.191. The van der Waals surface area contributed by atoms with Crippen LogP contribution in [0.1, 0.15) is 5.82 Å². The Hall–Kier alpha value is -1.23. The first kappa shape index (κ1) is 11.8. The smallest absolute Gasteiger partial charge is 0.257 e. The molecular weight excluding hydrogens is 244 g/mol. The van der Waals surface area contributed by atoms with Crippen molar-refractivity contribution in [3.05, 3.63) is 5.82 Å². The number of sulfonamides is 1. The molecule has 6 nitrogen and oxygen atoms in total. The summed E-state index contributed by atoms with van der Waals surface area (Å²) in [6, 6.07) is 0. The van der Waals surface area contributed by atoms with Crippen molar-refractivity contribution in [1.29, 1.82) is 0 Å². The van der Waals surface area contributed by atoms with Gasteiger partial charge >= 0.3 is 12.3 Å². The first-order chi connectivity index (χ1) is 6.65. The second-order valence-electron chi connectivity index (χ2n) is 2.44. The molecule has 0 aromatic carbocycles. The first-order valence-electron chi connectivity index (χ1n) is 3.27. The highest BCUT2D eigenvalue weighted by atomic mass is 32.2. The summed E-state index contributed by atoms with van der Waals surface area (Å²) < 4.78 is 69.8. The average molecular weight is 248 g/mol. The molecule has 0 aliphatic carbocycles. The molecule has 0 radical (unpaired) electrons. The average Bonchev–Trinajstić information content (AvgIpc) is 2.50. The zero-order valence-corrected chi connectivity index (χ0v) is 7.60. The van der Waals surface area contributed by atoms with E-state index in [2.05, 4.69) is 15.2 Å². The van der Waals surface area contributed by atoms with E-state index in [4.69, 9.17) is 0 Å². The third kappa shape index (κ3) is 2.23. The highest BCUT2D eigenvalue weighted by molar-refractivity contribution is 7.89. The van der Waals surface area contributed by atoms with Crippen molar-refractivity contribution in [1.82, 2.24) is 15.2 Å². The quantitative estimate of drug-likeness (QED) is 0.723. The largest absolute Gasteiger partial charge is 0.365 e. The molecule has 0 saturated heterocycles. The number of rotatable bonds is 3. The maximum Gasteiger partial charge on any atom is 0.365 e. The van der Waals surface area contributed by atoms with Gasteiger partial charge in [0.25, 0.3) is 15.2 Å². The third-order valence-electron chi connectivity index (χ3n) is 1.31. The summed E-state index contributed by atoms with van der Waals surface area (Å²) >= 11 is 0. The fourth-order valence-electron chi connectivity index (χ4n) is 0.626. The van der Waals surface area contributed by atoms with Gasteiger partial charge in [-0.15, -0.1) is 5.10 Å². The Balaban J connectivity index is 3.16. The number of halogens is 4. The molecule has 1 heterocycles. The Morgan fingerprint density at radius 1 is 1.40 bits per heavy atom. The second-order valence-corrected chi connectivity index (χ2v) is 3.89. The summed E-state index contributed by atoms with van der Waals surface area (Å²) in [5, 5.41) is 7.47. The summed E-state index contributed by atoms with van der Waals surface area (Å²) in [5.74, 6) is -6.16. The van der Waals surface area contributed by atoms with Gasteiger partial charge in [0, 0.05) is 0 Å². The lowest BCUT2D eigenvalue weighted by molar-refractivity contribution is -0.140. The number of H-pyrrole nitrogens is 1. The van der Waals surface area contributed by atoms with E-state index in [1.54, 1.807) is 0 Å². The van der Waals surface area contributed by atoms with Gasteiger partial charge in [0.2, 0.25) is 5.82 Å². The molecule has 0 aliphatic rings. The normalized spacial score (nSPS) is 13.5. The van der Waals surface area contributed by atoms with E-state index >= 15 is 0 Å². The molecule has 0 fully saturated rings. The monoisotopic (exact) mass is 248 g/mol. The summed E-state index contributed by atoms with van der Waals surface area (Å²) in [7, 11) is -4.40. The van der Waals surface area contributed by atoms with Gasteiger partial charge in [-0.1, -0.05) is 0 Å². The molecule has 0 saturated carbocycles. The topological polar surface area (TPSA) is 102 Å². The summed E-state index contributed by atoms with van der Waals surface area (Å²) in [5.41, 5.74) is 0. The van der Waals surface area contributed by atoms with Crippen LogP contribution in [0.15, 0.2) is 5.16 Å². The van der Waals surface area contributed by atoms with E-state index in [9.17, 15) is 26.0 Å². The highest BCUT2D eigenvalue weighted by Gasteiger charge is 2.46. The van der Waals surface area contributed by atoms with E-state index in [0.717, 1.165) is 0 Å². The zero-order valence-electron chi connectivity index (χ0n) is 6.79. The molecule has 1 rings (SSSR count). The van der Waals surface area contributed by atoms with Crippen LogP contribution >= 0.6 is 0 Å². The van der Waals surface area contributed by atoms with Crippen molar-refractivity contribution >= 4 is 10.0 Å². The minimum absolute atomic E-state index is 1.17. The minimum Gasteiger partial charge on any atom is -0.257 e. The molecule has 15 heavy (non-hydrogen) atoms. The van der Waals surface area contributed by atoms with E-state index in [1.165, 1.54) is 5.10 Å². The van der Waals surface area contributed by atoms with Crippen LogP contribution in [0.2, 0.25) is 0 Å². The molecule has 86 valence electrons. The fourth-order valence-corrected chi connectivity index (χ4v) is 1.02. The Labute approximate surface area is 80.5 Å². The zero-order chi connectivity index (χ0) is 11.9. The Morgan fingerprint density at radius 3 is 2.27 bits per heavy atom. The number of aromatic amines is 1. The van der Waals surface area contributed by atoms with Crippen molar-refractivity contribution in [2.45, 2.75) is 17.5 Å². The number of hydrogen-bond donors (Lipinski definition) is 2. The van der Waals surface area contributed by atoms with Gasteiger partial charge < -0.3 is 0 Å². The van der Waals surface area contributed by atoms with Gasteiger partial charge in [-0.3, -0.25) is 5.10 Å². The van der Waals surface area contributed by atoms with Crippen LogP contribution in [0.3, 0.4) is 0 Å². The molecule has 0 atom stereocenters. The minimum atomic E-state index is -4.60. The van der Waals surface area contributed by atoms with Gasteiger partial charge in [-0.05, 0) is 0 Å². The Bertz CT molecular complexity index is 455. The van der Waals surface area contributed by atoms with E-state index in [0.29, 0.717) is 0 Å². The lowest BCUT2D eigenvalue weighted by atomic mass is 10.3. The van der Waals surface area contributed by atoms with Crippen LogP contribution in [0.5, 0.6) is 0 Å². The van der Waals surface area contributed by atoms with Crippen LogP contribution in [0, 0.1) is 0 Å². The summed E-state index contributed by atoms with van der Waals surface area (Å²) in [6.07, 6.45) is -4.03. The fraction of sp³-hybridized carbons (Fsp3) is 0.500. The van der Waals surface area contributed by atoms with Crippen molar-refractivity contribution in [3.63, 3.8) is 0 Å². The second kappa shape index (κ2) is 3.41. The maximum atomic E-state index is 12.6. The van der Waals surface area contributed by atoms with Gasteiger partial charge in [0.05, 0.1) is 0 Å². The van der Waals surface area contributed by atoms with Crippen molar-refractivity contribution in [3.8, 4) is 0 Å². The molecule has 1 aromatic heterocycles. The van der Waals surface area contributed by atoms with E-state index in [1.807, 2.05) is 0 Å². The number of alkyl halides is 4. The SMILES string of the molecule is NS(=O)(=O)c1n[nH]c(C(F)(F)C(F)F)n1. The standard InChI is InChI=1S/C4H4F4N4O2S/c5-1(6)4(7,8)2-10-3(12-11-2)15(9,13)14/h1H,(H2,9,13,14)(H,10,11,12). The van der Waals surface area contributed by atoms with E-state index < -0.39 is 33.4 Å². The summed E-state index contributed by atoms with van der Waals surface area (Å²) in [6.45, 7) is 0. The molecule has 0 unspecified atom stereocenters.